The van der Waals surface area contributed by atoms with Gasteiger partial charge >= 0.3 is 0 Å². The summed E-state index contributed by atoms with van der Waals surface area (Å²) < 4.78 is 2.04. The molecule has 3 rings (SSSR count). The van der Waals surface area contributed by atoms with Crippen molar-refractivity contribution < 1.29 is 5.11 Å². The van der Waals surface area contributed by atoms with Crippen LogP contribution >= 0.6 is 0 Å². The number of aryl methyl sites for hydroxylation is 1. The lowest BCUT2D eigenvalue weighted by molar-refractivity contribution is -0.0199. The van der Waals surface area contributed by atoms with Gasteiger partial charge in [-0.25, -0.2) is 0 Å². The van der Waals surface area contributed by atoms with Gasteiger partial charge in [-0.3, -0.25) is 4.68 Å². The second kappa shape index (κ2) is 5.78. The van der Waals surface area contributed by atoms with Crippen molar-refractivity contribution in [3.05, 3.63) is 30.0 Å². The maximum Gasteiger partial charge on any atom is 0.0732 e. The van der Waals surface area contributed by atoms with Gasteiger partial charge in [0.25, 0.3) is 0 Å². The Kier molecular flexibility index (Phi) is 4.00. The van der Waals surface area contributed by atoms with Gasteiger partial charge < -0.3 is 10.0 Å². The Balaban J connectivity index is 1.85. The summed E-state index contributed by atoms with van der Waals surface area (Å²) in [4.78, 5) is 2.40. The predicted octanol–water partition coefficient (Wildman–Crippen LogP) is 2.45. The van der Waals surface area contributed by atoms with Crippen LogP contribution in [-0.2, 0) is 13.0 Å². The van der Waals surface area contributed by atoms with Crippen LogP contribution in [0.4, 0.5) is 0 Å². The Labute approximate surface area is 126 Å². The molecule has 1 fully saturated rings. The van der Waals surface area contributed by atoms with Crippen LogP contribution in [0.25, 0.3) is 10.9 Å². The molecule has 1 aliphatic heterocycles. The SMILES string of the molecule is CCN1CCC(O)(Cc2nn(CC)c3ccccc23)CC1. The molecule has 2 aromatic rings. The lowest BCUT2D eigenvalue weighted by Crippen LogP contribution is -2.45. The first kappa shape index (κ1) is 14.5. The van der Waals surface area contributed by atoms with Crippen LogP contribution in [0.3, 0.4) is 0 Å². The molecule has 0 amide bonds. The van der Waals surface area contributed by atoms with Crippen molar-refractivity contribution in [3.63, 3.8) is 0 Å². The fraction of sp³-hybridized carbons (Fsp3) is 0.588. The first-order valence-electron chi connectivity index (χ1n) is 8.04. The number of hydrogen-bond donors (Lipinski definition) is 1. The number of benzene rings is 1. The molecule has 4 nitrogen and oxygen atoms in total. The largest absolute Gasteiger partial charge is 0.389 e. The van der Waals surface area contributed by atoms with E-state index >= 15 is 0 Å². The lowest BCUT2D eigenvalue weighted by atomic mass is 9.86. The van der Waals surface area contributed by atoms with Crippen LogP contribution < -0.4 is 0 Å². The highest BCUT2D eigenvalue weighted by molar-refractivity contribution is 5.82. The molecule has 0 aliphatic carbocycles. The van der Waals surface area contributed by atoms with Gasteiger partial charge in [0.1, 0.15) is 0 Å². The van der Waals surface area contributed by atoms with Gasteiger partial charge in [0, 0.05) is 31.4 Å². The van der Waals surface area contributed by atoms with E-state index in [9.17, 15) is 5.11 Å². The number of fused-ring (bicyclic) bond motifs is 1. The molecule has 2 heterocycles. The number of rotatable bonds is 4. The molecule has 4 heteroatoms. The summed E-state index contributed by atoms with van der Waals surface area (Å²) >= 11 is 0. The number of para-hydroxylation sites is 1. The molecule has 1 aromatic carbocycles. The van der Waals surface area contributed by atoms with Crippen molar-refractivity contribution in [1.82, 2.24) is 14.7 Å². The summed E-state index contributed by atoms with van der Waals surface area (Å²) in [7, 11) is 0. The highest BCUT2D eigenvalue weighted by atomic mass is 16.3. The Morgan fingerprint density at radius 2 is 1.86 bits per heavy atom. The highest BCUT2D eigenvalue weighted by Crippen LogP contribution is 2.29. The number of aliphatic hydroxyl groups is 1. The molecule has 1 aliphatic rings. The molecule has 0 unspecified atom stereocenters. The van der Waals surface area contributed by atoms with Gasteiger partial charge in [0.2, 0.25) is 0 Å². The quantitative estimate of drug-likeness (QED) is 0.939. The summed E-state index contributed by atoms with van der Waals surface area (Å²) in [6.07, 6.45) is 2.35. The molecule has 0 saturated carbocycles. The number of hydrogen-bond acceptors (Lipinski definition) is 3. The molecular weight excluding hydrogens is 262 g/mol. The van der Waals surface area contributed by atoms with Gasteiger partial charge in [-0.05, 0) is 32.4 Å². The molecule has 114 valence electrons. The maximum absolute atomic E-state index is 10.9. The monoisotopic (exact) mass is 287 g/mol. The van der Waals surface area contributed by atoms with Crippen LogP contribution in [0.1, 0.15) is 32.4 Å². The predicted molar refractivity (Wildman–Crippen MR) is 85.4 cm³/mol. The zero-order valence-electron chi connectivity index (χ0n) is 13.0. The third-order valence-electron chi connectivity index (χ3n) is 4.76. The average molecular weight is 287 g/mol. The molecule has 1 saturated heterocycles. The first-order valence-corrected chi connectivity index (χ1v) is 8.04. The fourth-order valence-electron chi connectivity index (χ4n) is 3.34. The summed E-state index contributed by atoms with van der Waals surface area (Å²) in [6, 6.07) is 8.33. The zero-order chi connectivity index (χ0) is 14.9. The van der Waals surface area contributed by atoms with Crippen molar-refractivity contribution in [2.75, 3.05) is 19.6 Å². The van der Waals surface area contributed by atoms with E-state index in [1.807, 2.05) is 4.68 Å². The van der Waals surface area contributed by atoms with Gasteiger partial charge in [-0.1, -0.05) is 25.1 Å². The van der Waals surface area contributed by atoms with E-state index in [1.54, 1.807) is 0 Å². The van der Waals surface area contributed by atoms with E-state index in [0.29, 0.717) is 6.42 Å². The summed E-state index contributed by atoms with van der Waals surface area (Å²) in [5.41, 5.74) is 1.62. The molecule has 0 spiro atoms. The topological polar surface area (TPSA) is 41.3 Å². The molecule has 0 radical (unpaired) electrons. The van der Waals surface area contributed by atoms with Crippen LogP contribution in [0, 0.1) is 0 Å². The smallest absolute Gasteiger partial charge is 0.0732 e. The minimum atomic E-state index is -0.596. The van der Waals surface area contributed by atoms with Crippen LogP contribution in [-0.4, -0.2) is 45.0 Å². The second-order valence-electron chi connectivity index (χ2n) is 6.11. The molecular formula is C17H25N3O. The van der Waals surface area contributed by atoms with Crippen molar-refractivity contribution >= 4 is 10.9 Å². The van der Waals surface area contributed by atoms with Gasteiger partial charge in [0.15, 0.2) is 0 Å². The summed E-state index contributed by atoms with van der Waals surface area (Å²) in [6.45, 7) is 8.20. The number of aromatic nitrogens is 2. The van der Waals surface area contributed by atoms with Crippen molar-refractivity contribution in [2.45, 2.75) is 45.3 Å². The molecule has 0 atom stereocenters. The highest BCUT2D eigenvalue weighted by Gasteiger charge is 2.33. The van der Waals surface area contributed by atoms with Gasteiger partial charge in [0.05, 0.1) is 16.8 Å². The zero-order valence-corrected chi connectivity index (χ0v) is 13.0. The lowest BCUT2D eigenvalue weighted by Gasteiger charge is -2.37. The van der Waals surface area contributed by atoms with Gasteiger partial charge in [-0.15, -0.1) is 0 Å². The summed E-state index contributed by atoms with van der Waals surface area (Å²) in [5, 5.41) is 16.8. The second-order valence-corrected chi connectivity index (χ2v) is 6.11. The summed E-state index contributed by atoms with van der Waals surface area (Å²) in [5.74, 6) is 0. The average Bonchev–Trinajstić information content (AvgIpc) is 2.86. The van der Waals surface area contributed by atoms with Crippen LogP contribution in [0.5, 0.6) is 0 Å². The Morgan fingerprint density at radius 3 is 2.52 bits per heavy atom. The molecule has 1 aromatic heterocycles. The first-order chi connectivity index (χ1) is 10.1. The minimum absolute atomic E-state index is 0.596. The number of nitrogens with zero attached hydrogens (tertiary/aromatic N) is 3. The Hall–Kier alpha value is -1.39. The van der Waals surface area contributed by atoms with E-state index in [2.05, 4.69) is 43.0 Å². The van der Waals surface area contributed by atoms with E-state index < -0.39 is 5.60 Å². The van der Waals surface area contributed by atoms with Crippen molar-refractivity contribution in [3.8, 4) is 0 Å². The van der Waals surface area contributed by atoms with Gasteiger partial charge in [-0.2, -0.15) is 5.10 Å². The molecule has 0 bridgehead atoms. The third-order valence-corrected chi connectivity index (χ3v) is 4.76. The number of piperidine rings is 1. The number of likely N-dealkylation sites (tertiary alicyclic amines) is 1. The third kappa shape index (κ3) is 2.83. The van der Waals surface area contributed by atoms with Crippen LogP contribution in [0.15, 0.2) is 24.3 Å². The van der Waals surface area contributed by atoms with Crippen molar-refractivity contribution in [1.29, 1.82) is 0 Å². The minimum Gasteiger partial charge on any atom is -0.389 e. The normalized spacial score (nSPS) is 19.2. The van der Waals surface area contributed by atoms with E-state index in [0.717, 1.165) is 44.7 Å². The maximum atomic E-state index is 10.9. The molecule has 21 heavy (non-hydrogen) atoms. The fourth-order valence-corrected chi connectivity index (χ4v) is 3.34. The molecule has 1 N–H and O–H groups in total. The Bertz CT molecular complexity index is 612. The van der Waals surface area contributed by atoms with Crippen molar-refractivity contribution in [2.24, 2.45) is 0 Å². The van der Waals surface area contributed by atoms with Crippen LogP contribution in [0.2, 0.25) is 0 Å². The Morgan fingerprint density at radius 1 is 1.14 bits per heavy atom. The van der Waals surface area contributed by atoms with E-state index in [4.69, 9.17) is 5.10 Å². The van der Waals surface area contributed by atoms with E-state index in [-0.39, 0.29) is 0 Å². The standard InChI is InChI=1S/C17H25N3O/c1-3-19-11-9-17(21,10-12-19)13-15-14-7-5-6-8-16(14)20(4-2)18-15/h5-8,21H,3-4,9-13H2,1-2H3. The van der Waals surface area contributed by atoms with E-state index in [1.165, 1.54) is 10.9 Å².